The third kappa shape index (κ3) is 6.60. The number of esters is 1. The molecular formula is C19H27N5O4S. The van der Waals surface area contributed by atoms with E-state index >= 15 is 0 Å². The van der Waals surface area contributed by atoms with E-state index in [9.17, 15) is 9.59 Å². The molecule has 0 aliphatic rings. The van der Waals surface area contributed by atoms with Gasteiger partial charge in [0, 0.05) is 13.1 Å². The van der Waals surface area contributed by atoms with Gasteiger partial charge in [0.05, 0.1) is 31.2 Å². The maximum Gasteiger partial charge on any atom is 0.350 e. The standard InChI is InChI=1S/C19H27N5O4S/c1-5-20-19(22-10-9-21-16(25)14-8-7-11-28-14)24-13(4)17-23-12(3)15(29-17)18(26)27-6-2/h7-8,11,13H,5-6,9-10H2,1-4H3,(H,21,25)(H2,20,22,24). The van der Waals surface area contributed by atoms with Crippen LogP contribution in [0.1, 0.15) is 57.7 Å². The van der Waals surface area contributed by atoms with Crippen molar-refractivity contribution in [3.05, 3.63) is 39.7 Å². The molecule has 1 amide bonds. The van der Waals surface area contributed by atoms with E-state index in [1.807, 2.05) is 13.8 Å². The summed E-state index contributed by atoms with van der Waals surface area (Å²) in [6.45, 7) is 9.24. The number of hydrogen-bond donors (Lipinski definition) is 3. The van der Waals surface area contributed by atoms with Crippen molar-refractivity contribution in [1.29, 1.82) is 0 Å². The van der Waals surface area contributed by atoms with E-state index in [0.29, 0.717) is 42.8 Å². The van der Waals surface area contributed by atoms with E-state index in [-0.39, 0.29) is 23.7 Å². The van der Waals surface area contributed by atoms with Crippen LogP contribution in [0.4, 0.5) is 0 Å². The van der Waals surface area contributed by atoms with Crippen molar-refractivity contribution in [1.82, 2.24) is 20.9 Å². The molecule has 1 unspecified atom stereocenters. The average Bonchev–Trinajstić information content (AvgIpc) is 3.35. The number of thiazole rings is 1. The molecule has 158 valence electrons. The number of carbonyl (C=O) groups is 2. The van der Waals surface area contributed by atoms with Crippen molar-refractivity contribution in [2.45, 2.75) is 33.7 Å². The van der Waals surface area contributed by atoms with Crippen LogP contribution in [0.25, 0.3) is 0 Å². The van der Waals surface area contributed by atoms with Gasteiger partial charge in [-0.05, 0) is 39.8 Å². The van der Waals surface area contributed by atoms with Crippen LogP contribution in [0.3, 0.4) is 0 Å². The van der Waals surface area contributed by atoms with Crippen molar-refractivity contribution in [2.75, 3.05) is 26.2 Å². The van der Waals surface area contributed by atoms with Crippen LogP contribution in [0.2, 0.25) is 0 Å². The number of guanidine groups is 1. The number of aromatic nitrogens is 1. The Balaban J connectivity index is 1.93. The molecule has 0 spiro atoms. The van der Waals surface area contributed by atoms with Gasteiger partial charge in [-0.2, -0.15) is 0 Å². The van der Waals surface area contributed by atoms with Gasteiger partial charge in [0.15, 0.2) is 11.7 Å². The molecule has 2 heterocycles. The van der Waals surface area contributed by atoms with Crippen LogP contribution in [-0.4, -0.2) is 49.1 Å². The molecule has 2 aromatic rings. The molecule has 3 N–H and O–H groups in total. The molecule has 0 bridgehead atoms. The molecule has 0 aromatic carbocycles. The summed E-state index contributed by atoms with van der Waals surface area (Å²) >= 11 is 1.31. The molecule has 2 rings (SSSR count). The molecule has 0 radical (unpaired) electrons. The fourth-order valence-electron chi connectivity index (χ4n) is 2.41. The number of hydrogen-bond acceptors (Lipinski definition) is 7. The number of carbonyl (C=O) groups excluding carboxylic acids is 2. The van der Waals surface area contributed by atoms with Gasteiger partial charge in [0.2, 0.25) is 0 Å². The van der Waals surface area contributed by atoms with Gasteiger partial charge in [-0.1, -0.05) is 0 Å². The van der Waals surface area contributed by atoms with Gasteiger partial charge in [0.25, 0.3) is 5.91 Å². The lowest BCUT2D eigenvalue weighted by Gasteiger charge is -2.16. The summed E-state index contributed by atoms with van der Waals surface area (Å²) in [5.74, 6) is 0.233. The average molecular weight is 422 g/mol. The van der Waals surface area contributed by atoms with Crippen LogP contribution in [0.15, 0.2) is 27.8 Å². The highest BCUT2D eigenvalue weighted by Crippen LogP contribution is 2.24. The van der Waals surface area contributed by atoms with Crippen molar-refractivity contribution >= 4 is 29.2 Å². The number of ether oxygens (including phenoxy) is 1. The SMILES string of the molecule is CCNC(=NCCNC(=O)c1ccco1)NC(C)c1nc(C)c(C(=O)OCC)s1. The predicted octanol–water partition coefficient (Wildman–Crippen LogP) is 2.27. The van der Waals surface area contributed by atoms with Gasteiger partial charge >= 0.3 is 5.97 Å². The van der Waals surface area contributed by atoms with Crippen LogP contribution < -0.4 is 16.0 Å². The minimum atomic E-state index is -0.353. The first-order chi connectivity index (χ1) is 14.0. The summed E-state index contributed by atoms with van der Waals surface area (Å²) in [7, 11) is 0. The Kier molecular flexibility index (Phi) is 8.66. The van der Waals surface area contributed by atoms with E-state index in [1.165, 1.54) is 17.6 Å². The van der Waals surface area contributed by atoms with Crippen molar-refractivity contribution in [3.8, 4) is 0 Å². The zero-order valence-corrected chi connectivity index (χ0v) is 17.9. The molecule has 29 heavy (non-hydrogen) atoms. The number of amides is 1. The van der Waals surface area contributed by atoms with Gasteiger partial charge in [0.1, 0.15) is 9.88 Å². The summed E-state index contributed by atoms with van der Waals surface area (Å²) in [6.07, 6.45) is 1.45. The smallest absolute Gasteiger partial charge is 0.350 e. The monoisotopic (exact) mass is 421 g/mol. The van der Waals surface area contributed by atoms with E-state index in [2.05, 4.69) is 25.9 Å². The third-order valence-corrected chi connectivity index (χ3v) is 5.07. The highest BCUT2D eigenvalue weighted by atomic mass is 32.1. The first kappa shape index (κ1) is 22.4. The Hall–Kier alpha value is -2.88. The Morgan fingerprint density at radius 1 is 1.34 bits per heavy atom. The van der Waals surface area contributed by atoms with Crippen molar-refractivity contribution in [3.63, 3.8) is 0 Å². The largest absolute Gasteiger partial charge is 0.462 e. The number of nitrogens with zero attached hydrogens (tertiary/aromatic N) is 2. The van der Waals surface area contributed by atoms with E-state index in [1.54, 1.807) is 26.0 Å². The first-order valence-corrected chi connectivity index (χ1v) is 10.3. The Bertz CT molecular complexity index is 832. The van der Waals surface area contributed by atoms with Gasteiger partial charge in [-0.25, -0.2) is 9.78 Å². The molecule has 0 saturated heterocycles. The number of rotatable bonds is 9. The molecule has 0 saturated carbocycles. The third-order valence-electron chi connectivity index (χ3n) is 3.75. The van der Waals surface area contributed by atoms with E-state index in [0.717, 1.165) is 5.01 Å². The minimum Gasteiger partial charge on any atom is -0.462 e. The first-order valence-electron chi connectivity index (χ1n) is 9.47. The normalized spacial score (nSPS) is 12.3. The number of aliphatic imine (C=N–C) groups is 1. The highest BCUT2D eigenvalue weighted by Gasteiger charge is 2.20. The number of nitrogens with one attached hydrogen (secondary N) is 3. The molecule has 0 aliphatic carbocycles. The summed E-state index contributed by atoms with van der Waals surface area (Å²) < 4.78 is 10.1. The second kappa shape index (κ2) is 11.2. The minimum absolute atomic E-state index is 0.155. The maximum absolute atomic E-state index is 12.0. The highest BCUT2D eigenvalue weighted by molar-refractivity contribution is 7.13. The zero-order chi connectivity index (χ0) is 21.2. The topological polar surface area (TPSA) is 118 Å². The Labute approximate surface area is 174 Å². The summed E-state index contributed by atoms with van der Waals surface area (Å²) in [5.41, 5.74) is 0.652. The number of aryl methyl sites for hydroxylation is 1. The van der Waals surface area contributed by atoms with Crippen molar-refractivity contribution in [2.24, 2.45) is 4.99 Å². The molecule has 10 heteroatoms. The summed E-state index contributed by atoms with van der Waals surface area (Å²) in [6, 6.07) is 3.11. The molecule has 1 atom stereocenters. The molecular weight excluding hydrogens is 394 g/mol. The second-order valence-electron chi connectivity index (χ2n) is 6.05. The predicted molar refractivity (Wildman–Crippen MR) is 111 cm³/mol. The van der Waals surface area contributed by atoms with Crippen LogP contribution in [0, 0.1) is 6.92 Å². The summed E-state index contributed by atoms with van der Waals surface area (Å²) in [4.78, 5) is 33.3. The van der Waals surface area contributed by atoms with E-state index in [4.69, 9.17) is 9.15 Å². The van der Waals surface area contributed by atoms with Gasteiger partial charge in [-0.3, -0.25) is 9.79 Å². The van der Waals surface area contributed by atoms with Crippen LogP contribution in [-0.2, 0) is 4.74 Å². The lowest BCUT2D eigenvalue weighted by atomic mass is 10.3. The lowest BCUT2D eigenvalue weighted by molar-refractivity contribution is 0.0531. The summed E-state index contributed by atoms with van der Waals surface area (Å²) in [5, 5.41) is 9.93. The fourth-order valence-corrected chi connectivity index (χ4v) is 3.37. The Morgan fingerprint density at radius 2 is 2.14 bits per heavy atom. The quantitative estimate of drug-likeness (QED) is 0.246. The lowest BCUT2D eigenvalue weighted by Crippen LogP contribution is -2.39. The zero-order valence-electron chi connectivity index (χ0n) is 17.1. The molecule has 0 fully saturated rings. The Morgan fingerprint density at radius 3 is 2.79 bits per heavy atom. The molecule has 2 aromatic heterocycles. The van der Waals surface area contributed by atoms with E-state index < -0.39 is 0 Å². The molecule has 9 nitrogen and oxygen atoms in total. The van der Waals surface area contributed by atoms with Gasteiger partial charge < -0.3 is 25.1 Å². The van der Waals surface area contributed by atoms with Gasteiger partial charge in [-0.15, -0.1) is 11.3 Å². The number of furan rings is 1. The van der Waals surface area contributed by atoms with Crippen molar-refractivity contribution < 1.29 is 18.7 Å². The van der Waals surface area contributed by atoms with Crippen LogP contribution >= 0.6 is 11.3 Å². The second-order valence-corrected chi connectivity index (χ2v) is 7.08. The molecule has 0 aliphatic heterocycles. The maximum atomic E-state index is 12.0. The fraction of sp³-hybridized carbons (Fsp3) is 0.474. The van der Waals surface area contributed by atoms with Crippen LogP contribution in [0.5, 0.6) is 0 Å².